The molecule has 2 aromatic heterocycles. The van der Waals surface area contributed by atoms with Gasteiger partial charge >= 0.3 is 0 Å². The van der Waals surface area contributed by atoms with Gasteiger partial charge in [0.1, 0.15) is 0 Å². The Kier molecular flexibility index (Phi) is 2.69. The third-order valence-corrected chi connectivity index (χ3v) is 4.16. The molecule has 0 atom stereocenters. The third-order valence-electron chi connectivity index (χ3n) is 4.16. The summed E-state index contributed by atoms with van der Waals surface area (Å²) in [5.41, 5.74) is 11.5. The summed E-state index contributed by atoms with van der Waals surface area (Å²) in [6.45, 7) is 2.36. The van der Waals surface area contributed by atoms with Crippen molar-refractivity contribution in [3.8, 4) is 11.3 Å². The van der Waals surface area contributed by atoms with Crippen molar-refractivity contribution in [2.75, 3.05) is 17.2 Å². The van der Waals surface area contributed by atoms with Crippen LogP contribution in [0.5, 0.6) is 0 Å². The molecular weight excluding hydrogens is 276 g/mol. The van der Waals surface area contributed by atoms with E-state index in [2.05, 4.69) is 11.1 Å². The molecule has 1 aliphatic rings. The smallest absolute Gasteiger partial charge is 0.223 e. The van der Waals surface area contributed by atoms with E-state index < -0.39 is 0 Å². The first-order valence-electron chi connectivity index (χ1n) is 7.28. The number of carbonyl (C=O) groups excluding carboxylic acids is 1. The van der Waals surface area contributed by atoms with Gasteiger partial charge in [0.15, 0.2) is 5.65 Å². The molecule has 22 heavy (non-hydrogen) atoms. The molecule has 110 valence electrons. The lowest BCUT2D eigenvalue weighted by atomic mass is 10.1. The quantitative estimate of drug-likeness (QED) is 0.749. The molecule has 5 nitrogen and oxygen atoms in total. The maximum atomic E-state index is 11.6. The van der Waals surface area contributed by atoms with Crippen molar-refractivity contribution in [3.05, 3.63) is 48.3 Å². The Hall–Kier alpha value is -2.82. The summed E-state index contributed by atoms with van der Waals surface area (Å²) < 4.78 is 1.93. The summed E-state index contributed by atoms with van der Waals surface area (Å²) in [7, 11) is 0. The lowest BCUT2D eigenvalue weighted by Gasteiger charge is -2.14. The van der Waals surface area contributed by atoms with Gasteiger partial charge in [-0.3, -0.25) is 4.79 Å². The van der Waals surface area contributed by atoms with Crippen molar-refractivity contribution in [2.45, 2.75) is 13.3 Å². The number of rotatable bonds is 1. The standard InChI is InChI=1S/C17H16N4O/c1-11(22)21-8-6-13-9-12(4-5-16(13)21)15-10-20-7-2-3-14(18)17(20)19-15/h2-5,7,9-10H,6,8,18H2,1H3. The largest absolute Gasteiger partial charge is 0.396 e. The number of amides is 1. The van der Waals surface area contributed by atoms with Crippen LogP contribution in [0.1, 0.15) is 12.5 Å². The number of nitrogens with two attached hydrogens (primary N) is 1. The average Bonchev–Trinajstić information content (AvgIpc) is 3.11. The van der Waals surface area contributed by atoms with Crippen molar-refractivity contribution in [2.24, 2.45) is 0 Å². The van der Waals surface area contributed by atoms with Gasteiger partial charge in [-0.15, -0.1) is 0 Å². The van der Waals surface area contributed by atoms with Crippen LogP contribution in [0.15, 0.2) is 42.7 Å². The van der Waals surface area contributed by atoms with E-state index in [9.17, 15) is 4.79 Å². The van der Waals surface area contributed by atoms with Gasteiger partial charge in [-0.25, -0.2) is 4.98 Å². The summed E-state index contributed by atoms with van der Waals surface area (Å²) in [6.07, 6.45) is 4.80. The maximum Gasteiger partial charge on any atom is 0.223 e. The molecule has 0 bridgehead atoms. The predicted molar refractivity (Wildman–Crippen MR) is 86.8 cm³/mol. The van der Waals surface area contributed by atoms with Crippen LogP contribution in [-0.4, -0.2) is 21.8 Å². The molecule has 5 heteroatoms. The number of imidazole rings is 1. The van der Waals surface area contributed by atoms with E-state index in [1.165, 1.54) is 5.56 Å². The van der Waals surface area contributed by atoms with Crippen molar-refractivity contribution in [3.63, 3.8) is 0 Å². The highest BCUT2D eigenvalue weighted by atomic mass is 16.2. The van der Waals surface area contributed by atoms with Crippen LogP contribution < -0.4 is 10.6 Å². The van der Waals surface area contributed by atoms with Crippen LogP contribution in [0.3, 0.4) is 0 Å². The van der Waals surface area contributed by atoms with Crippen molar-refractivity contribution >= 4 is 22.9 Å². The molecule has 4 rings (SSSR count). The summed E-state index contributed by atoms with van der Waals surface area (Å²) >= 11 is 0. The van der Waals surface area contributed by atoms with Crippen LogP contribution >= 0.6 is 0 Å². The second-order valence-electron chi connectivity index (χ2n) is 5.58. The van der Waals surface area contributed by atoms with E-state index in [0.717, 1.165) is 35.6 Å². The van der Waals surface area contributed by atoms with E-state index in [1.807, 2.05) is 46.0 Å². The Labute approximate surface area is 128 Å². The van der Waals surface area contributed by atoms with E-state index in [-0.39, 0.29) is 5.91 Å². The first kappa shape index (κ1) is 12.9. The molecule has 0 radical (unpaired) electrons. The molecule has 1 amide bonds. The van der Waals surface area contributed by atoms with E-state index >= 15 is 0 Å². The lowest BCUT2D eigenvalue weighted by Crippen LogP contribution is -2.25. The van der Waals surface area contributed by atoms with Crippen LogP contribution in [0.2, 0.25) is 0 Å². The highest BCUT2D eigenvalue weighted by Gasteiger charge is 2.22. The third kappa shape index (κ3) is 1.86. The second-order valence-corrected chi connectivity index (χ2v) is 5.58. The first-order chi connectivity index (χ1) is 10.6. The van der Waals surface area contributed by atoms with Gasteiger partial charge < -0.3 is 15.0 Å². The lowest BCUT2D eigenvalue weighted by molar-refractivity contribution is -0.116. The minimum absolute atomic E-state index is 0.0898. The number of nitrogen functional groups attached to an aromatic ring is 1. The molecule has 0 fully saturated rings. The number of aromatic nitrogens is 2. The number of benzene rings is 1. The van der Waals surface area contributed by atoms with Gasteiger partial charge in [0.2, 0.25) is 5.91 Å². The van der Waals surface area contributed by atoms with Gasteiger partial charge in [0.25, 0.3) is 0 Å². The molecule has 0 spiro atoms. The van der Waals surface area contributed by atoms with Crippen LogP contribution in [0.25, 0.3) is 16.9 Å². The monoisotopic (exact) mass is 292 g/mol. The molecule has 1 aliphatic heterocycles. The number of hydrogen-bond acceptors (Lipinski definition) is 3. The zero-order chi connectivity index (χ0) is 15.3. The molecule has 3 heterocycles. The number of fused-ring (bicyclic) bond motifs is 2. The molecule has 1 aromatic carbocycles. The Bertz CT molecular complexity index is 897. The summed E-state index contributed by atoms with van der Waals surface area (Å²) in [5, 5.41) is 0. The Morgan fingerprint density at radius 2 is 2.18 bits per heavy atom. The minimum Gasteiger partial charge on any atom is -0.396 e. The van der Waals surface area contributed by atoms with Gasteiger partial charge in [-0.1, -0.05) is 6.07 Å². The van der Waals surface area contributed by atoms with Crippen molar-refractivity contribution in [1.82, 2.24) is 9.38 Å². The second kappa shape index (κ2) is 4.59. The predicted octanol–water partition coefficient (Wildman–Crippen LogP) is 2.49. The zero-order valence-electron chi connectivity index (χ0n) is 12.3. The van der Waals surface area contributed by atoms with Crippen LogP contribution in [0, 0.1) is 0 Å². The highest BCUT2D eigenvalue weighted by Crippen LogP contribution is 2.32. The number of pyridine rings is 1. The molecule has 0 saturated carbocycles. The minimum atomic E-state index is 0.0898. The van der Waals surface area contributed by atoms with Crippen LogP contribution in [-0.2, 0) is 11.2 Å². The summed E-state index contributed by atoms with van der Waals surface area (Å²) in [5.74, 6) is 0.0898. The SMILES string of the molecule is CC(=O)N1CCc2cc(-c3cn4cccc(N)c4n3)ccc21. The molecule has 0 saturated heterocycles. The number of hydrogen-bond donors (Lipinski definition) is 1. The highest BCUT2D eigenvalue weighted by molar-refractivity contribution is 5.94. The molecule has 0 aliphatic carbocycles. The van der Waals surface area contributed by atoms with Crippen LogP contribution in [0.4, 0.5) is 11.4 Å². The van der Waals surface area contributed by atoms with Gasteiger partial charge in [-0.2, -0.15) is 0 Å². The Balaban J connectivity index is 1.80. The first-order valence-corrected chi connectivity index (χ1v) is 7.28. The topological polar surface area (TPSA) is 63.6 Å². The molecule has 2 N–H and O–H groups in total. The van der Waals surface area contributed by atoms with Gasteiger partial charge in [0.05, 0.1) is 11.4 Å². The van der Waals surface area contributed by atoms with Gasteiger partial charge in [-0.05, 0) is 36.2 Å². The van der Waals surface area contributed by atoms with Crippen molar-refractivity contribution in [1.29, 1.82) is 0 Å². The van der Waals surface area contributed by atoms with E-state index in [1.54, 1.807) is 6.92 Å². The maximum absolute atomic E-state index is 11.6. The fourth-order valence-corrected chi connectivity index (χ4v) is 3.06. The molecule has 3 aromatic rings. The zero-order valence-corrected chi connectivity index (χ0v) is 12.3. The fraction of sp³-hybridized carbons (Fsp3) is 0.176. The molecular formula is C17H16N4O. The van der Waals surface area contributed by atoms with E-state index in [4.69, 9.17) is 5.73 Å². The number of carbonyl (C=O) groups is 1. The normalized spacial score (nSPS) is 13.6. The number of anilines is 2. The summed E-state index contributed by atoms with van der Waals surface area (Å²) in [6, 6.07) is 9.89. The fourth-order valence-electron chi connectivity index (χ4n) is 3.06. The Morgan fingerprint density at radius 1 is 1.32 bits per heavy atom. The van der Waals surface area contributed by atoms with Crippen molar-refractivity contribution < 1.29 is 4.79 Å². The van der Waals surface area contributed by atoms with E-state index in [0.29, 0.717) is 5.69 Å². The Morgan fingerprint density at radius 3 is 2.95 bits per heavy atom. The molecule has 0 unspecified atom stereocenters. The average molecular weight is 292 g/mol. The van der Waals surface area contributed by atoms with Gasteiger partial charge in [0, 0.05) is 37.1 Å². The summed E-state index contributed by atoms with van der Waals surface area (Å²) in [4.78, 5) is 18.1. The number of nitrogens with zero attached hydrogens (tertiary/aromatic N) is 3.